The predicted octanol–water partition coefficient (Wildman–Crippen LogP) is 2.04. The molecule has 1 aromatic rings. The Labute approximate surface area is 133 Å². The second kappa shape index (κ2) is 8.95. The lowest BCUT2D eigenvalue weighted by Crippen LogP contribution is -2.41. The lowest BCUT2D eigenvalue weighted by atomic mass is 10.2. The standard InChI is InChI=1S/C15H20F2N2O2S/c16-14(17)9-21-13-3-1-2-11(6-13)8-19-15(20)7-12-10-22-5-4-18-12/h1-3,6,12,14,18H,4-5,7-10H2,(H,19,20). The fourth-order valence-electron chi connectivity index (χ4n) is 2.15. The molecule has 2 N–H and O–H groups in total. The monoisotopic (exact) mass is 330 g/mol. The van der Waals surface area contributed by atoms with Gasteiger partial charge in [0, 0.05) is 37.1 Å². The van der Waals surface area contributed by atoms with Gasteiger partial charge in [0.1, 0.15) is 12.4 Å². The number of carbonyl (C=O) groups is 1. The van der Waals surface area contributed by atoms with Crippen molar-refractivity contribution in [3.05, 3.63) is 29.8 Å². The van der Waals surface area contributed by atoms with E-state index in [9.17, 15) is 13.6 Å². The average Bonchev–Trinajstić information content (AvgIpc) is 2.52. The number of alkyl halides is 2. The zero-order valence-electron chi connectivity index (χ0n) is 12.2. The molecule has 1 saturated heterocycles. The number of benzene rings is 1. The summed E-state index contributed by atoms with van der Waals surface area (Å²) in [6.45, 7) is 0.678. The highest BCUT2D eigenvalue weighted by Crippen LogP contribution is 2.14. The summed E-state index contributed by atoms with van der Waals surface area (Å²) in [6.07, 6.45) is -2.04. The van der Waals surface area contributed by atoms with E-state index in [1.54, 1.807) is 18.2 Å². The molecule has 1 aliphatic heterocycles. The minimum Gasteiger partial charge on any atom is -0.488 e. The Morgan fingerprint density at radius 1 is 1.50 bits per heavy atom. The van der Waals surface area contributed by atoms with Crippen molar-refractivity contribution in [3.8, 4) is 5.75 Å². The minimum atomic E-state index is -2.50. The highest BCUT2D eigenvalue weighted by Gasteiger charge is 2.16. The Balaban J connectivity index is 1.75. The van der Waals surface area contributed by atoms with Crippen LogP contribution in [-0.2, 0) is 11.3 Å². The molecule has 0 radical (unpaired) electrons. The lowest BCUT2D eigenvalue weighted by Gasteiger charge is -2.22. The number of halogens is 2. The quantitative estimate of drug-likeness (QED) is 0.803. The van der Waals surface area contributed by atoms with Crippen molar-refractivity contribution in [2.75, 3.05) is 24.7 Å². The first-order valence-corrected chi connectivity index (χ1v) is 8.36. The molecule has 1 amide bonds. The maximum absolute atomic E-state index is 12.1. The van der Waals surface area contributed by atoms with Gasteiger partial charge in [-0.15, -0.1) is 0 Å². The predicted molar refractivity (Wildman–Crippen MR) is 83.5 cm³/mol. The number of amides is 1. The SMILES string of the molecule is O=C(CC1CSCCN1)NCc1cccc(OCC(F)F)c1. The number of carbonyl (C=O) groups excluding carboxylic acids is 1. The van der Waals surface area contributed by atoms with Crippen LogP contribution >= 0.6 is 11.8 Å². The van der Waals surface area contributed by atoms with Gasteiger partial charge in [-0.1, -0.05) is 12.1 Å². The van der Waals surface area contributed by atoms with Crippen LogP contribution in [0.2, 0.25) is 0 Å². The molecule has 4 nitrogen and oxygen atoms in total. The number of hydrogen-bond acceptors (Lipinski definition) is 4. The second-order valence-corrected chi connectivity index (χ2v) is 6.21. The molecule has 1 heterocycles. The van der Waals surface area contributed by atoms with Crippen molar-refractivity contribution in [2.24, 2.45) is 0 Å². The molecule has 1 fully saturated rings. The van der Waals surface area contributed by atoms with Crippen LogP contribution in [0.4, 0.5) is 8.78 Å². The highest BCUT2D eigenvalue weighted by molar-refractivity contribution is 7.99. The van der Waals surface area contributed by atoms with Gasteiger partial charge in [0.15, 0.2) is 0 Å². The zero-order valence-corrected chi connectivity index (χ0v) is 13.0. The summed E-state index contributed by atoms with van der Waals surface area (Å²) < 4.78 is 29.2. The molecule has 0 aliphatic carbocycles. The molecular formula is C15H20F2N2O2S. The minimum absolute atomic E-state index is 0.0149. The van der Waals surface area contributed by atoms with Crippen LogP contribution in [0.25, 0.3) is 0 Å². The van der Waals surface area contributed by atoms with Crippen LogP contribution < -0.4 is 15.4 Å². The molecule has 0 spiro atoms. The third-order valence-electron chi connectivity index (χ3n) is 3.19. The van der Waals surface area contributed by atoms with Gasteiger partial charge in [-0.2, -0.15) is 11.8 Å². The molecular weight excluding hydrogens is 310 g/mol. The lowest BCUT2D eigenvalue weighted by molar-refractivity contribution is -0.121. The van der Waals surface area contributed by atoms with Gasteiger partial charge in [0.05, 0.1) is 0 Å². The molecule has 1 aliphatic rings. The first kappa shape index (κ1) is 17.0. The van der Waals surface area contributed by atoms with E-state index in [2.05, 4.69) is 10.6 Å². The van der Waals surface area contributed by atoms with Gasteiger partial charge in [0.25, 0.3) is 6.43 Å². The Hall–Kier alpha value is -1.34. The van der Waals surface area contributed by atoms with Crippen LogP contribution in [0, 0.1) is 0 Å². The van der Waals surface area contributed by atoms with E-state index < -0.39 is 13.0 Å². The first-order valence-electron chi connectivity index (χ1n) is 7.21. The Kier molecular flexibility index (Phi) is 6.92. The molecule has 0 aromatic heterocycles. The van der Waals surface area contributed by atoms with Gasteiger partial charge in [-0.25, -0.2) is 8.78 Å². The number of nitrogens with one attached hydrogen (secondary N) is 2. The summed E-state index contributed by atoms with van der Waals surface area (Å²) in [5, 5.41) is 6.16. The smallest absolute Gasteiger partial charge is 0.272 e. The zero-order chi connectivity index (χ0) is 15.8. The van der Waals surface area contributed by atoms with Gasteiger partial charge >= 0.3 is 0 Å². The van der Waals surface area contributed by atoms with E-state index in [0.29, 0.717) is 18.7 Å². The molecule has 1 unspecified atom stereocenters. The van der Waals surface area contributed by atoms with Crippen LogP contribution in [0.15, 0.2) is 24.3 Å². The molecule has 7 heteroatoms. The summed E-state index contributed by atoms with van der Waals surface area (Å²) in [4.78, 5) is 11.9. The Morgan fingerprint density at radius 2 is 2.36 bits per heavy atom. The van der Waals surface area contributed by atoms with Crippen molar-refractivity contribution >= 4 is 17.7 Å². The molecule has 122 valence electrons. The normalized spacial score (nSPS) is 18.2. The number of ether oxygens (including phenoxy) is 1. The second-order valence-electron chi connectivity index (χ2n) is 5.06. The van der Waals surface area contributed by atoms with Gasteiger partial charge in [-0.05, 0) is 17.7 Å². The van der Waals surface area contributed by atoms with E-state index in [-0.39, 0.29) is 11.9 Å². The molecule has 0 saturated carbocycles. The molecule has 1 aromatic carbocycles. The van der Waals surface area contributed by atoms with E-state index >= 15 is 0 Å². The highest BCUT2D eigenvalue weighted by atomic mass is 32.2. The summed E-state index contributed by atoms with van der Waals surface area (Å²) in [7, 11) is 0. The van der Waals surface area contributed by atoms with E-state index in [1.807, 2.05) is 17.8 Å². The van der Waals surface area contributed by atoms with Crippen molar-refractivity contribution in [2.45, 2.75) is 25.4 Å². The van der Waals surface area contributed by atoms with Crippen molar-refractivity contribution in [1.82, 2.24) is 10.6 Å². The van der Waals surface area contributed by atoms with Gasteiger partial charge in [-0.3, -0.25) is 4.79 Å². The van der Waals surface area contributed by atoms with Crippen LogP contribution in [0.5, 0.6) is 5.75 Å². The third kappa shape index (κ3) is 6.19. The van der Waals surface area contributed by atoms with E-state index in [0.717, 1.165) is 23.6 Å². The van der Waals surface area contributed by atoms with E-state index in [1.165, 1.54) is 0 Å². The third-order valence-corrected chi connectivity index (χ3v) is 4.33. The maximum Gasteiger partial charge on any atom is 0.272 e. The van der Waals surface area contributed by atoms with Crippen LogP contribution in [0.3, 0.4) is 0 Å². The summed E-state index contributed by atoms with van der Waals surface area (Å²) >= 11 is 1.85. The molecule has 0 bridgehead atoms. The Morgan fingerprint density at radius 3 is 3.09 bits per heavy atom. The van der Waals surface area contributed by atoms with Gasteiger partial charge < -0.3 is 15.4 Å². The topological polar surface area (TPSA) is 50.4 Å². The first-order chi connectivity index (χ1) is 10.6. The summed E-state index contributed by atoms with van der Waals surface area (Å²) in [5.74, 6) is 2.41. The van der Waals surface area contributed by atoms with Gasteiger partial charge in [0.2, 0.25) is 5.91 Å². The molecule has 2 rings (SSSR count). The summed E-state index contributed by atoms with van der Waals surface area (Å²) in [6, 6.07) is 7.06. The number of hydrogen-bond donors (Lipinski definition) is 2. The Bertz CT molecular complexity index is 482. The van der Waals surface area contributed by atoms with Crippen molar-refractivity contribution < 1.29 is 18.3 Å². The fraction of sp³-hybridized carbons (Fsp3) is 0.533. The molecule has 1 atom stereocenters. The van der Waals surface area contributed by atoms with Crippen molar-refractivity contribution in [1.29, 1.82) is 0 Å². The molecule has 22 heavy (non-hydrogen) atoms. The van der Waals surface area contributed by atoms with Crippen molar-refractivity contribution in [3.63, 3.8) is 0 Å². The maximum atomic E-state index is 12.1. The fourth-order valence-corrected chi connectivity index (χ4v) is 3.10. The summed E-state index contributed by atoms with van der Waals surface area (Å²) in [5.41, 5.74) is 0.825. The van der Waals surface area contributed by atoms with E-state index in [4.69, 9.17) is 4.74 Å². The number of rotatable bonds is 7. The average molecular weight is 330 g/mol. The van der Waals surface area contributed by atoms with Crippen LogP contribution in [0.1, 0.15) is 12.0 Å². The number of thioether (sulfide) groups is 1. The van der Waals surface area contributed by atoms with Crippen LogP contribution in [-0.4, -0.2) is 43.0 Å². The largest absolute Gasteiger partial charge is 0.488 e.